The second-order valence-corrected chi connectivity index (χ2v) is 3.99. The maximum absolute atomic E-state index is 11.4. The SMILES string of the molecule is C[C@H](O)C(=O)C[C@H]1OCc2c(O)cccc21. The Morgan fingerprint density at radius 3 is 3.06 bits per heavy atom. The number of Topliss-reactive ketones (excluding diaryl/α,β-unsaturated/α-hetero) is 1. The zero-order chi connectivity index (χ0) is 11.7. The van der Waals surface area contributed by atoms with Crippen molar-refractivity contribution in [2.75, 3.05) is 0 Å². The van der Waals surface area contributed by atoms with E-state index in [0.29, 0.717) is 6.61 Å². The smallest absolute Gasteiger partial charge is 0.163 e. The van der Waals surface area contributed by atoms with Gasteiger partial charge in [-0.25, -0.2) is 0 Å². The lowest BCUT2D eigenvalue weighted by atomic mass is 9.99. The lowest BCUT2D eigenvalue weighted by Gasteiger charge is -2.11. The van der Waals surface area contributed by atoms with Gasteiger partial charge in [0.15, 0.2) is 5.78 Å². The van der Waals surface area contributed by atoms with Gasteiger partial charge in [-0.05, 0) is 18.6 Å². The number of rotatable bonds is 3. The summed E-state index contributed by atoms with van der Waals surface area (Å²) in [5.41, 5.74) is 1.58. The molecular formula is C12H14O4. The summed E-state index contributed by atoms with van der Waals surface area (Å²) in [7, 11) is 0. The third kappa shape index (κ3) is 1.94. The summed E-state index contributed by atoms with van der Waals surface area (Å²) >= 11 is 0. The average Bonchev–Trinajstić information content (AvgIpc) is 2.63. The number of phenolic OH excluding ortho intramolecular Hbond substituents is 1. The summed E-state index contributed by atoms with van der Waals surface area (Å²) in [4.78, 5) is 11.4. The molecule has 0 aromatic heterocycles. The van der Waals surface area contributed by atoms with Crippen molar-refractivity contribution in [3.05, 3.63) is 29.3 Å². The van der Waals surface area contributed by atoms with E-state index in [9.17, 15) is 9.90 Å². The number of ether oxygens (including phenoxy) is 1. The van der Waals surface area contributed by atoms with E-state index in [1.54, 1.807) is 12.1 Å². The normalized spacial score (nSPS) is 20.5. The number of ketones is 1. The molecule has 4 nitrogen and oxygen atoms in total. The molecule has 4 heteroatoms. The van der Waals surface area contributed by atoms with Gasteiger partial charge >= 0.3 is 0 Å². The van der Waals surface area contributed by atoms with Crippen LogP contribution in [-0.2, 0) is 16.1 Å². The highest BCUT2D eigenvalue weighted by Gasteiger charge is 2.28. The van der Waals surface area contributed by atoms with Gasteiger partial charge in [0.1, 0.15) is 11.9 Å². The number of carbonyl (C=O) groups excluding carboxylic acids is 1. The summed E-state index contributed by atoms with van der Waals surface area (Å²) < 4.78 is 5.43. The highest BCUT2D eigenvalue weighted by atomic mass is 16.5. The van der Waals surface area contributed by atoms with E-state index in [2.05, 4.69) is 0 Å². The molecule has 0 fully saturated rings. The molecule has 1 aromatic rings. The van der Waals surface area contributed by atoms with E-state index in [-0.39, 0.29) is 24.1 Å². The van der Waals surface area contributed by atoms with Crippen molar-refractivity contribution in [3.63, 3.8) is 0 Å². The molecule has 1 aromatic carbocycles. The monoisotopic (exact) mass is 222 g/mol. The summed E-state index contributed by atoms with van der Waals surface area (Å²) in [6, 6.07) is 5.16. The first kappa shape index (κ1) is 11.1. The summed E-state index contributed by atoms with van der Waals surface area (Å²) in [6.45, 7) is 1.76. The van der Waals surface area contributed by atoms with Crippen LogP contribution >= 0.6 is 0 Å². The van der Waals surface area contributed by atoms with Gasteiger partial charge in [0.05, 0.1) is 12.7 Å². The Balaban J connectivity index is 2.18. The van der Waals surface area contributed by atoms with Crippen molar-refractivity contribution >= 4 is 5.78 Å². The maximum Gasteiger partial charge on any atom is 0.163 e. The van der Waals surface area contributed by atoms with E-state index in [4.69, 9.17) is 9.84 Å². The fourth-order valence-electron chi connectivity index (χ4n) is 1.85. The lowest BCUT2D eigenvalue weighted by molar-refractivity contribution is -0.129. The number of aliphatic hydroxyl groups excluding tert-OH is 1. The standard InChI is InChI=1S/C12H14O4/c1-7(13)11(15)5-12-8-3-2-4-10(14)9(8)6-16-12/h2-4,7,12-14H,5-6H2,1H3/t7-,12+/m0/s1. The molecule has 0 saturated carbocycles. The van der Waals surface area contributed by atoms with E-state index >= 15 is 0 Å². The van der Waals surface area contributed by atoms with Crippen molar-refractivity contribution in [1.82, 2.24) is 0 Å². The number of hydrogen-bond donors (Lipinski definition) is 2. The van der Waals surface area contributed by atoms with E-state index in [1.807, 2.05) is 6.07 Å². The zero-order valence-corrected chi connectivity index (χ0v) is 9.01. The number of carbonyl (C=O) groups is 1. The highest BCUT2D eigenvalue weighted by molar-refractivity contribution is 5.83. The van der Waals surface area contributed by atoms with Crippen LogP contribution in [0.3, 0.4) is 0 Å². The number of benzene rings is 1. The van der Waals surface area contributed by atoms with Crippen LogP contribution in [0.15, 0.2) is 18.2 Å². The predicted molar refractivity (Wildman–Crippen MR) is 56.9 cm³/mol. The van der Waals surface area contributed by atoms with Crippen LogP contribution in [0, 0.1) is 0 Å². The third-order valence-corrected chi connectivity index (χ3v) is 2.82. The molecule has 1 aliphatic heterocycles. The van der Waals surface area contributed by atoms with Crippen molar-refractivity contribution in [3.8, 4) is 5.75 Å². The van der Waals surface area contributed by atoms with Crippen LogP contribution in [0.2, 0.25) is 0 Å². The summed E-state index contributed by atoms with van der Waals surface area (Å²) in [5.74, 6) is -0.0503. The van der Waals surface area contributed by atoms with Gasteiger partial charge in [-0.3, -0.25) is 4.79 Å². The van der Waals surface area contributed by atoms with Crippen LogP contribution in [0.4, 0.5) is 0 Å². The van der Waals surface area contributed by atoms with E-state index < -0.39 is 6.10 Å². The molecule has 0 amide bonds. The average molecular weight is 222 g/mol. The molecule has 2 rings (SSSR count). The molecule has 0 unspecified atom stereocenters. The Labute approximate surface area is 93.5 Å². The molecule has 86 valence electrons. The van der Waals surface area contributed by atoms with Crippen molar-refractivity contribution < 1.29 is 19.7 Å². The van der Waals surface area contributed by atoms with Gasteiger partial charge in [-0.15, -0.1) is 0 Å². The molecular weight excluding hydrogens is 208 g/mol. The van der Waals surface area contributed by atoms with Crippen LogP contribution in [-0.4, -0.2) is 22.1 Å². The Hall–Kier alpha value is -1.39. The lowest BCUT2D eigenvalue weighted by Crippen LogP contribution is -2.18. The Bertz CT molecular complexity index is 411. The number of hydrogen-bond acceptors (Lipinski definition) is 4. The van der Waals surface area contributed by atoms with Gasteiger partial charge in [0.2, 0.25) is 0 Å². The molecule has 1 aliphatic rings. The molecule has 1 heterocycles. The first-order valence-electron chi connectivity index (χ1n) is 5.22. The fourth-order valence-corrected chi connectivity index (χ4v) is 1.85. The largest absolute Gasteiger partial charge is 0.508 e. The minimum atomic E-state index is -0.968. The molecule has 16 heavy (non-hydrogen) atoms. The summed E-state index contributed by atoms with van der Waals surface area (Å²) in [5, 5.41) is 18.7. The number of aromatic hydroxyl groups is 1. The highest BCUT2D eigenvalue weighted by Crippen LogP contribution is 2.37. The van der Waals surface area contributed by atoms with Crippen molar-refractivity contribution in [2.24, 2.45) is 0 Å². The molecule has 0 saturated heterocycles. The third-order valence-electron chi connectivity index (χ3n) is 2.82. The quantitative estimate of drug-likeness (QED) is 0.809. The van der Waals surface area contributed by atoms with Gasteiger partial charge in [-0.1, -0.05) is 12.1 Å². The van der Waals surface area contributed by atoms with Crippen molar-refractivity contribution in [2.45, 2.75) is 32.2 Å². The molecule has 0 radical (unpaired) electrons. The zero-order valence-electron chi connectivity index (χ0n) is 9.01. The van der Waals surface area contributed by atoms with Gasteiger partial charge in [-0.2, -0.15) is 0 Å². The predicted octanol–water partition coefficient (Wildman–Crippen LogP) is 1.30. The van der Waals surface area contributed by atoms with Crippen LogP contribution in [0.1, 0.15) is 30.6 Å². The molecule has 0 aliphatic carbocycles. The Kier molecular flexibility index (Phi) is 2.94. The van der Waals surface area contributed by atoms with Gasteiger partial charge < -0.3 is 14.9 Å². The Morgan fingerprint density at radius 1 is 1.62 bits per heavy atom. The minimum absolute atomic E-state index is 0.147. The van der Waals surface area contributed by atoms with Crippen molar-refractivity contribution in [1.29, 1.82) is 0 Å². The Morgan fingerprint density at radius 2 is 2.38 bits per heavy atom. The number of aliphatic hydroxyl groups is 1. The van der Waals surface area contributed by atoms with Gasteiger partial charge in [0.25, 0.3) is 0 Å². The number of fused-ring (bicyclic) bond motifs is 1. The minimum Gasteiger partial charge on any atom is -0.508 e. The number of phenols is 1. The first-order valence-corrected chi connectivity index (χ1v) is 5.22. The molecule has 0 bridgehead atoms. The first-order chi connectivity index (χ1) is 7.59. The van der Waals surface area contributed by atoms with E-state index in [0.717, 1.165) is 11.1 Å². The summed E-state index contributed by atoms with van der Waals surface area (Å²) in [6.07, 6.45) is -1.16. The fraction of sp³-hybridized carbons (Fsp3) is 0.417. The van der Waals surface area contributed by atoms with Crippen LogP contribution in [0.25, 0.3) is 0 Å². The molecule has 2 atom stereocenters. The maximum atomic E-state index is 11.4. The van der Waals surface area contributed by atoms with Gasteiger partial charge in [0, 0.05) is 12.0 Å². The second-order valence-electron chi connectivity index (χ2n) is 3.99. The van der Waals surface area contributed by atoms with Crippen LogP contribution in [0.5, 0.6) is 5.75 Å². The van der Waals surface area contributed by atoms with E-state index in [1.165, 1.54) is 6.92 Å². The topological polar surface area (TPSA) is 66.8 Å². The van der Waals surface area contributed by atoms with Crippen LogP contribution < -0.4 is 0 Å². The second kappa shape index (κ2) is 4.23. The molecule has 0 spiro atoms. The molecule has 2 N–H and O–H groups in total.